The van der Waals surface area contributed by atoms with Gasteiger partial charge in [-0.2, -0.15) is 17.4 Å². The summed E-state index contributed by atoms with van der Waals surface area (Å²) < 4.78 is 34.4. The van der Waals surface area contributed by atoms with Gasteiger partial charge in [0.2, 0.25) is 0 Å². The molecule has 3 rings (SSSR count). The van der Waals surface area contributed by atoms with Crippen LogP contribution in [0.5, 0.6) is 0 Å². The van der Waals surface area contributed by atoms with Gasteiger partial charge in [0.05, 0.1) is 13.2 Å². The number of fused-ring (bicyclic) bond motifs is 1. The van der Waals surface area contributed by atoms with Crippen molar-refractivity contribution >= 4 is 10.2 Å². The lowest BCUT2D eigenvalue weighted by atomic mass is 10.00. The Balaban J connectivity index is 1.63. The van der Waals surface area contributed by atoms with Gasteiger partial charge in [0.15, 0.2) is 0 Å². The van der Waals surface area contributed by atoms with Crippen molar-refractivity contribution in [2.75, 3.05) is 39.4 Å². The Labute approximate surface area is 115 Å². The van der Waals surface area contributed by atoms with Gasteiger partial charge in [-0.05, 0) is 25.8 Å². The molecule has 0 aromatic carbocycles. The van der Waals surface area contributed by atoms with Gasteiger partial charge in [-0.25, -0.2) is 0 Å². The molecule has 19 heavy (non-hydrogen) atoms. The summed E-state index contributed by atoms with van der Waals surface area (Å²) in [4.78, 5) is 2.44. The highest BCUT2D eigenvalue weighted by molar-refractivity contribution is 7.87. The summed E-state index contributed by atoms with van der Waals surface area (Å²) in [5, 5.41) is 0. The van der Waals surface area contributed by atoms with Crippen molar-refractivity contribution in [1.29, 1.82) is 0 Å². The number of hydrogen-bond donors (Lipinski definition) is 1. The Hall–Kier alpha value is -0.210. The zero-order valence-electron chi connectivity index (χ0n) is 11.3. The Kier molecular flexibility index (Phi) is 4.09. The quantitative estimate of drug-likeness (QED) is 0.780. The van der Waals surface area contributed by atoms with Crippen LogP contribution in [0.1, 0.15) is 25.7 Å². The van der Waals surface area contributed by atoms with Crippen LogP contribution in [0.25, 0.3) is 0 Å². The molecule has 3 aliphatic heterocycles. The van der Waals surface area contributed by atoms with Crippen molar-refractivity contribution in [3.05, 3.63) is 0 Å². The van der Waals surface area contributed by atoms with E-state index >= 15 is 0 Å². The van der Waals surface area contributed by atoms with Crippen molar-refractivity contribution in [1.82, 2.24) is 13.9 Å². The fourth-order valence-electron chi connectivity index (χ4n) is 3.44. The van der Waals surface area contributed by atoms with Gasteiger partial charge in [-0.3, -0.25) is 4.90 Å². The van der Waals surface area contributed by atoms with Crippen LogP contribution in [0.2, 0.25) is 0 Å². The molecule has 0 aliphatic carbocycles. The molecular weight excluding hydrogens is 266 g/mol. The van der Waals surface area contributed by atoms with E-state index in [1.807, 2.05) is 0 Å². The first kappa shape index (κ1) is 13.8. The highest BCUT2D eigenvalue weighted by Gasteiger charge is 2.38. The maximum Gasteiger partial charge on any atom is 0.279 e. The predicted octanol–water partition coefficient (Wildman–Crippen LogP) is -0.220. The third-order valence-electron chi connectivity index (χ3n) is 4.47. The molecule has 0 bridgehead atoms. The van der Waals surface area contributed by atoms with E-state index in [-0.39, 0.29) is 6.04 Å². The summed E-state index contributed by atoms with van der Waals surface area (Å²) in [5.41, 5.74) is 0. The first-order chi connectivity index (χ1) is 9.17. The van der Waals surface area contributed by atoms with Crippen molar-refractivity contribution in [3.8, 4) is 0 Å². The van der Waals surface area contributed by atoms with Gasteiger partial charge in [0, 0.05) is 31.7 Å². The van der Waals surface area contributed by atoms with E-state index in [4.69, 9.17) is 4.74 Å². The second-order valence-electron chi connectivity index (χ2n) is 5.63. The van der Waals surface area contributed by atoms with Crippen LogP contribution in [0.4, 0.5) is 0 Å². The lowest BCUT2D eigenvalue weighted by Gasteiger charge is -2.34. The Bertz CT molecular complexity index is 408. The largest absolute Gasteiger partial charge is 0.379 e. The average molecular weight is 289 g/mol. The number of rotatable bonds is 3. The summed E-state index contributed by atoms with van der Waals surface area (Å²) in [6.07, 6.45) is 4.53. The van der Waals surface area contributed by atoms with E-state index in [1.54, 1.807) is 0 Å². The number of piperidine rings is 1. The molecule has 110 valence electrons. The van der Waals surface area contributed by atoms with Crippen molar-refractivity contribution < 1.29 is 13.2 Å². The maximum absolute atomic E-state index is 12.4. The van der Waals surface area contributed by atoms with Crippen LogP contribution < -0.4 is 4.72 Å². The third-order valence-corrected chi connectivity index (χ3v) is 6.11. The van der Waals surface area contributed by atoms with Crippen molar-refractivity contribution in [2.24, 2.45) is 0 Å². The first-order valence-electron chi connectivity index (χ1n) is 7.26. The van der Waals surface area contributed by atoms with Gasteiger partial charge in [0.25, 0.3) is 10.2 Å². The van der Waals surface area contributed by atoms with Crippen LogP contribution in [0, 0.1) is 0 Å². The van der Waals surface area contributed by atoms with E-state index in [0.29, 0.717) is 32.3 Å². The van der Waals surface area contributed by atoms with E-state index in [9.17, 15) is 8.42 Å². The fraction of sp³-hybridized carbons (Fsp3) is 1.00. The second kappa shape index (κ2) is 5.65. The molecule has 0 spiro atoms. The molecule has 1 N–H and O–H groups in total. The molecule has 0 amide bonds. The zero-order chi connectivity index (χ0) is 13.3. The van der Waals surface area contributed by atoms with E-state index in [2.05, 4.69) is 9.62 Å². The smallest absolute Gasteiger partial charge is 0.279 e. The van der Waals surface area contributed by atoms with Gasteiger partial charge in [0.1, 0.15) is 0 Å². The summed E-state index contributed by atoms with van der Waals surface area (Å²) >= 11 is 0. The SMILES string of the molecule is O=S(=O)(N[C@@H]1CCN2CCCC[C@@H]12)N1CCOCC1. The topological polar surface area (TPSA) is 61.9 Å². The molecule has 3 aliphatic rings. The zero-order valence-corrected chi connectivity index (χ0v) is 12.1. The van der Waals surface area contributed by atoms with Crippen LogP contribution in [-0.4, -0.2) is 69.1 Å². The van der Waals surface area contributed by atoms with E-state index in [1.165, 1.54) is 17.1 Å². The molecule has 0 aromatic rings. The predicted molar refractivity (Wildman–Crippen MR) is 72.1 cm³/mol. The average Bonchev–Trinajstić information content (AvgIpc) is 2.83. The van der Waals surface area contributed by atoms with E-state index in [0.717, 1.165) is 25.9 Å². The molecule has 3 heterocycles. The number of ether oxygens (including phenoxy) is 1. The lowest BCUT2D eigenvalue weighted by Crippen LogP contribution is -2.53. The van der Waals surface area contributed by atoms with Gasteiger partial charge < -0.3 is 4.74 Å². The summed E-state index contributed by atoms with van der Waals surface area (Å²) in [6, 6.07) is 0.498. The minimum atomic E-state index is -3.34. The minimum absolute atomic E-state index is 0.0909. The number of hydrogen-bond acceptors (Lipinski definition) is 4. The van der Waals surface area contributed by atoms with Gasteiger partial charge in [-0.15, -0.1) is 0 Å². The maximum atomic E-state index is 12.4. The molecule has 3 fully saturated rings. The Morgan fingerprint density at radius 1 is 1.00 bits per heavy atom. The molecule has 6 nitrogen and oxygen atoms in total. The molecular formula is C12H23N3O3S. The molecule has 0 saturated carbocycles. The van der Waals surface area contributed by atoms with Crippen LogP contribution >= 0.6 is 0 Å². The first-order valence-corrected chi connectivity index (χ1v) is 8.70. The van der Waals surface area contributed by atoms with E-state index < -0.39 is 10.2 Å². The number of nitrogens with zero attached hydrogens (tertiary/aromatic N) is 2. The summed E-state index contributed by atoms with van der Waals surface area (Å²) in [6.45, 7) is 4.09. The second-order valence-corrected chi connectivity index (χ2v) is 7.33. The number of nitrogens with one attached hydrogen (secondary N) is 1. The van der Waals surface area contributed by atoms with Crippen LogP contribution in [0.3, 0.4) is 0 Å². The molecule has 7 heteroatoms. The van der Waals surface area contributed by atoms with Gasteiger partial charge >= 0.3 is 0 Å². The lowest BCUT2D eigenvalue weighted by molar-refractivity contribution is 0.0721. The molecule has 0 unspecified atom stereocenters. The van der Waals surface area contributed by atoms with Crippen LogP contribution in [-0.2, 0) is 14.9 Å². The summed E-state index contributed by atoms with van der Waals surface area (Å²) in [5.74, 6) is 0. The van der Waals surface area contributed by atoms with Crippen molar-refractivity contribution in [2.45, 2.75) is 37.8 Å². The Morgan fingerprint density at radius 2 is 1.79 bits per heavy atom. The molecule has 3 saturated heterocycles. The normalized spacial score (nSPS) is 34.3. The third kappa shape index (κ3) is 2.95. The van der Waals surface area contributed by atoms with Crippen LogP contribution in [0.15, 0.2) is 0 Å². The monoisotopic (exact) mass is 289 g/mol. The van der Waals surface area contributed by atoms with Crippen molar-refractivity contribution in [3.63, 3.8) is 0 Å². The Morgan fingerprint density at radius 3 is 2.58 bits per heavy atom. The number of morpholine rings is 1. The minimum Gasteiger partial charge on any atom is -0.379 e. The molecule has 0 aromatic heterocycles. The summed E-state index contributed by atoms with van der Waals surface area (Å²) in [7, 11) is -3.34. The van der Waals surface area contributed by atoms with Gasteiger partial charge in [-0.1, -0.05) is 6.42 Å². The fourth-order valence-corrected chi connectivity index (χ4v) is 4.87. The highest BCUT2D eigenvalue weighted by atomic mass is 32.2. The highest BCUT2D eigenvalue weighted by Crippen LogP contribution is 2.27. The molecule has 0 radical (unpaired) electrons. The standard InChI is InChI=1S/C12H23N3O3S/c16-19(17,15-7-9-18-10-8-15)13-11-4-6-14-5-2-1-3-12(11)14/h11-13H,1-10H2/t11-,12+/m1/s1. The molecule has 2 atom stereocenters.